The van der Waals surface area contributed by atoms with Crippen molar-refractivity contribution in [3.63, 3.8) is 0 Å². The zero-order valence-electron chi connectivity index (χ0n) is 6.31. The van der Waals surface area contributed by atoms with Gasteiger partial charge < -0.3 is 0 Å². The van der Waals surface area contributed by atoms with E-state index in [9.17, 15) is 0 Å². The second-order valence-corrected chi connectivity index (χ2v) is 2.80. The molecule has 0 aliphatic rings. The van der Waals surface area contributed by atoms with Gasteiger partial charge in [0.25, 0.3) is 0 Å². The highest BCUT2D eigenvalue weighted by Crippen LogP contribution is 2.20. The highest BCUT2D eigenvalue weighted by atomic mass is 14.2. The lowest BCUT2D eigenvalue weighted by Gasteiger charge is -2.15. The summed E-state index contributed by atoms with van der Waals surface area (Å²) in [7, 11) is 0. The van der Waals surface area contributed by atoms with Gasteiger partial charge in [-0.1, -0.05) is 26.8 Å². The van der Waals surface area contributed by atoms with Crippen LogP contribution in [-0.4, -0.2) is 0 Å². The number of nitriles is 1. The third-order valence-electron chi connectivity index (χ3n) is 1.52. The predicted molar refractivity (Wildman–Crippen MR) is 38.8 cm³/mol. The Balaban J connectivity index is 3.89. The van der Waals surface area contributed by atoms with Gasteiger partial charge in [-0.25, -0.2) is 0 Å². The van der Waals surface area contributed by atoms with Crippen LogP contribution < -0.4 is 0 Å². The van der Waals surface area contributed by atoms with Crippen molar-refractivity contribution in [1.82, 2.24) is 0 Å². The lowest BCUT2D eigenvalue weighted by atomic mass is 9.90. The lowest BCUT2D eigenvalue weighted by molar-refractivity contribution is 0.462. The maximum absolute atomic E-state index is 8.19. The normalized spacial score (nSPS) is 11.8. The largest absolute Gasteiger partial charge is 0.193 e. The van der Waals surface area contributed by atoms with E-state index in [0.29, 0.717) is 0 Å². The van der Waals surface area contributed by atoms with E-state index < -0.39 is 0 Å². The summed E-state index contributed by atoms with van der Waals surface area (Å²) in [6.45, 7) is 6.34. The Bertz CT molecular complexity index is 137. The van der Waals surface area contributed by atoms with E-state index in [4.69, 9.17) is 5.26 Å². The fourth-order valence-electron chi connectivity index (χ4n) is 0.381. The van der Waals surface area contributed by atoms with Gasteiger partial charge in [-0.15, -0.1) is 0 Å². The van der Waals surface area contributed by atoms with E-state index in [1.54, 1.807) is 6.08 Å². The van der Waals surface area contributed by atoms with Crippen LogP contribution in [0.1, 0.15) is 27.2 Å². The predicted octanol–water partition coefficient (Wildman–Crippen LogP) is 2.50. The molecule has 0 heterocycles. The van der Waals surface area contributed by atoms with Crippen LogP contribution in [-0.2, 0) is 0 Å². The first-order chi connectivity index (χ1) is 4.12. The van der Waals surface area contributed by atoms with Gasteiger partial charge in [0.05, 0.1) is 6.07 Å². The smallest absolute Gasteiger partial charge is 0.0908 e. The fourth-order valence-corrected chi connectivity index (χ4v) is 0.381. The molecule has 0 aromatic heterocycles. The molecule has 50 valence electrons. The number of nitrogens with zero attached hydrogens (tertiary/aromatic N) is 1. The molecule has 0 aromatic rings. The van der Waals surface area contributed by atoms with Crippen molar-refractivity contribution in [3.05, 3.63) is 12.2 Å². The van der Waals surface area contributed by atoms with E-state index in [-0.39, 0.29) is 5.41 Å². The monoisotopic (exact) mass is 123 g/mol. The molecule has 0 aromatic carbocycles. The third kappa shape index (κ3) is 3.78. The van der Waals surface area contributed by atoms with Crippen molar-refractivity contribution in [3.8, 4) is 6.07 Å². The van der Waals surface area contributed by atoms with Gasteiger partial charge >= 0.3 is 0 Å². The zero-order valence-corrected chi connectivity index (χ0v) is 6.31. The molecule has 0 fully saturated rings. The van der Waals surface area contributed by atoms with Crippen molar-refractivity contribution < 1.29 is 0 Å². The number of hydrogen-bond acceptors (Lipinski definition) is 1. The number of rotatable bonds is 2. The van der Waals surface area contributed by atoms with Crippen molar-refractivity contribution in [2.24, 2.45) is 5.41 Å². The molecule has 1 heteroatoms. The minimum Gasteiger partial charge on any atom is -0.193 e. The highest BCUT2D eigenvalue weighted by molar-refractivity contribution is 5.06. The molecule has 0 amide bonds. The summed E-state index contributed by atoms with van der Waals surface area (Å²) < 4.78 is 0. The van der Waals surface area contributed by atoms with Crippen molar-refractivity contribution in [2.45, 2.75) is 27.2 Å². The summed E-state index contributed by atoms with van der Waals surface area (Å²) in [5.41, 5.74) is 0.190. The highest BCUT2D eigenvalue weighted by Gasteiger charge is 2.08. The number of hydrogen-bond donors (Lipinski definition) is 0. The van der Waals surface area contributed by atoms with Gasteiger partial charge in [-0.2, -0.15) is 5.26 Å². The Hall–Kier alpha value is -0.770. The minimum absolute atomic E-state index is 0.190. The average Bonchev–Trinajstić information content (AvgIpc) is 1.84. The van der Waals surface area contributed by atoms with E-state index in [0.717, 1.165) is 6.42 Å². The third-order valence-corrected chi connectivity index (χ3v) is 1.52. The van der Waals surface area contributed by atoms with Gasteiger partial charge in [0, 0.05) is 6.08 Å². The summed E-state index contributed by atoms with van der Waals surface area (Å²) >= 11 is 0. The standard InChI is InChI=1S/C8H13N/c1-4-8(2,3)6-5-7-9/h5-6H,4H2,1-3H3/b6-5+. The van der Waals surface area contributed by atoms with Crippen molar-refractivity contribution in [1.29, 1.82) is 5.26 Å². The van der Waals surface area contributed by atoms with Crippen molar-refractivity contribution in [2.75, 3.05) is 0 Å². The molecule has 0 atom stereocenters. The van der Waals surface area contributed by atoms with Gasteiger partial charge in [0.2, 0.25) is 0 Å². The molecule has 0 unspecified atom stereocenters. The average molecular weight is 123 g/mol. The lowest BCUT2D eigenvalue weighted by Crippen LogP contribution is -2.03. The SMILES string of the molecule is CCC(C)(C)/C=C/C#N. The topological polar surface area (TPSA) is 23.8 Å². The van der Waals surface area contributed by atoms with Gasteiger partial charge in [0.1, 0.15) is 0 Å². The maximum atomic E-state index is 8.19. The molecule has 1 nitrogen and oxygen atoms in total. The second kappa shape index (κ2) is 3.29. The first kappa shape index (κ1) is 8.23. The van der Waals surface area contributed by atoms with Crippen LogP contribution in [0.2, 0.25) is 0 Å². The van der Waals surface area contributed by atoms with E-state index in [2.05, 4.69) is 20.8 Å². The molecule has 0 N–H and O–H groups in total. The fraction of sp³-hybridized carbons (Fsp3) is 0.625. The van der Waals surface area contributed by atoms with Crippen LogP contribution in [0.4, 0.5) is 0 Å². The summed E-state index contributed by atoms with van der Waals surface area (Å²) in [6, 6.07) is 1.98. The zero-order chi connectivity index (χ0) is 7.33. The molecule has 0 radical (unpaired) electrons. The Morgan fingerprint density at radius 3 is 2.44 bits per heavy atom. The Kier molecular flexibility index (Phi) is 3.01. The Morgan fingerprint density at radius 2 is 2.11 bits per heavy atom. The summed E-state index contributed by atoms with van der Waals surface area (Å²) in [4.78, 5) is 0. The summed E-state index contributed by atoms with van der Waals surface area (Å²) in [5.74, 6) is 0. The quantitative estimate of drug-likeness (QED) is 0.517. The summed E-state index contributed by atoms with van der Waals surface area (Å²) in [6.07, 6.45) is 4.56. The molecular formula is C8H13N. The molecule has 0 aliphatic heterocycles. The Labute approximate surface area is 57.0 Å². The van der Waals surface area contributed by atoms with Crippen LogP contribution in [0.25, 0.3) is 0 Å². The van der Waals surface area contributed by atoms with Crippen molar-refractivity contribution >= 4 is 0 Å². The maximum Gasteiger partial charge on any atom is 0.0908 e. The summed E-state index contributed by atoms with van der Waals surface area (Å²) in [5, 5.41) is 8.19. The molecule has 0 bridgehead atoms. The van der Waals surface area contributed by atoms with E-state index in [1.165, 1.54) is 0 Å². The minimum atomic E-state index is 0.190. The number of allylic oxidation sites excluding steroid dienone is 2. The van der Waals surface area contributed by atoms with Gasteiger partial charge in [-0.3, -0.25) is 0 Å². The van der Waals surface area contributed by atoms with Crippen LogP contribution in [0.15, 0.2) is 12.2 Å². The molecule has 0 saturated heterocycles. The first-order valence-corrected chi connectivity index (χ1v) is 3.19. The molecule has 0 saturated carbocycles. The second-order valence-electron chi connectivity index (χ2n) is 2.80. The Morgan fingerprint density at radius 1 is 1.56 bits per heavy atom. The van der Waals surface area contributed by atoms with Crippen LogP contribution >= 0.6 is 0 Å². The van der Waals surface area contributed by atoms with Crippen LogP contribution in [0.5, 0.6) is 0 Å². The van der Waals surface area contributed by atoms with Crippen LogP contribution in [0, 0.1) is 16.7 Å². The first-order valence-electron chi connectivity index (χ1n) is 3.19. The van der Waals surface area contributed by atoms with E-state index >= 15 is 0 Å². The molecule has 0 rings (SSSR count). The van der Waals surface area contributed by atoms with Crippen LogP contribution in [0.3, 0.4) is 0 Å². The molecular weight excluding hydrogens is 110 g/mol. The van der Waals surface area contributed by atoms with Gasteiger partial charge in [0.15, 0.2) is 0 Å². The van der Waals surface area contributed by atoms with E-state index in [1.807, 2.05) is 12.1 Å². The molecule has 0 spiro atoms. The van der Waals surface area contributed by atoms with Gasteiger partial charge in [-0.05, 0) is 11.8 Å². The molecule has 0 aliphatic carbocycles. The molecule has 9 heavy (non-hydrogen) atoms.